The van der Waals surface area contributed by atoms with Crippen molar-refractivity contribution in [3.8, 4) is 5.75 Å². The van der Waals surface area contributed by atoms with Crippen LogP contribution in [0.15, 0.2) is 23.2 Å². The predicted octanol–water partition coefficient (Wildman–Crippen LogP) is 1.70. The number of nitrogens with zero attached hydrogens (tertiary/aromatic N) is 2. The topological polar surface area (TPSA) is 69.1 Å². The van der Waals surface area contributed by atoms with Crippen molar-refractivity contribution in [1.29, 1.82) is 0 Å². The molecule has 140 valence electrons. The van der Waals surface area contributed by atoms with E-state index in [1.165, 1.54) is 12.1 Å². The number of nitrogens with one attached hydrogen (secondary N) is 2. The quantitative estimate of drug-likeness (QED) is 0.515. The van der Waals surface area contributed by atoms with Gasteiger partial charge in [0.2, 0.25) is 0 Å². The minimum absolute atomic E-state index is 0.335. The number of likely N-dealkylation sites (tertiary alicyclic amines) is 1. The molecule has 0 aliphatic carbocycles. The number of hydrogen-bond donors (Lipinski definition) is 3. The van der Waals surface area contributed by atoms with Crippen LogP contribution >= 0.6 is 0 Å². The second-order valence-corrected chi connectivity index (χ2v) is 6.23. The predicted molar refractivity (Wildman–Crippen MR) is 97.4 cm³/mol. The van der Waals surface area contributed by atoms with E-state index in [1.807, 2.05) is 6.92 Å². The Morgan fingerprint density at radius 2 is 2.16 bits per heavy atom. The molecule has 2 rings (SSSR count). The zero-order chi connectivity index (χ0) is 18.1. The molecule has 0 spiro atoms. The Labute approximate surface area is 149 Å². The Morgan fingerprint density at radius 3 is 2.80 bits per heavy atom. The summed E-state index contributed by atoms with van der Waals surface area (Å²) in [7, 11) is 1.73. The summed E-state index contributed by atoms with van der Waals surface area (Å²) in [6, 6.07) is 4.74. The van der Waals surface area contributed by atoms with E-state index in [2.05, 4.69) is 20.5 Å². The van der Waals surface area contributed by atoms with E-state index < -0.39 is 5.82 Å². The van der Waals surface area contributed by atoms with Gasteiger partial charge in [-0.05, 0) is 37.5 Å². The van der Waals surface area contributed by atoms with Gasteiger partial charge < -0.3 is 25.4 Å². The van der Waals surface area contributed by atoms with Crippen LogP contribution in [0.5, 0.6) is 5.75 Å². The number of halogens is 1. The van der Waals surface area contributed by atoms with Crippen molar-refractivity contribution < 1.29 is 14.2 Å². The molecule has 0 amide bonds. The van der Waals surface area contributed by atoms with E-state index >= 15 is 0 Å². The van der Waals surface area contributed by atoms with Crippen LogP contribution in [0.1, 0.15) is 25.3 Å². The van der Waals surface area contributed by atoms with Crippen LogP contribution in [0.2, 0.25) is 0 Å². The Hall–Kier alpha value is -1.86. The molecule has 0 radical (unpaired) electrons. The Kier molecular flexibility index (Phi) is 7.94. The van der Waals surface area contributed by atoms with Gasteiger partial charge >= 0.3 is 0 Å². The largest absolute Gasteiger partial charge is 0.505 e. The molecule has 6 nitrogen and oxygen atoms in total. The van der Waals surface area contributed by atoms with Crippen molar-refractivity contribution in [3.63, 3.8) is 0 Å². The number of aromatic hydroxyl groups is 1. The van der Waals surface area contributed by atoms with Crippen LogP contribution < -0.4 is 10.6 Å². The Balaban J connectivity index is 1.86. The number of phenols is 1. The van der Waals surface area contributed by atoms with Gasteiger partial charge in [-0.15, -0.1) is 0 Å². The number of ether oxygens (including phenoxy) is 1. The lowest BCUT2D eigenvalue weighted by molar-refractivity contribution is 0.128. The van der Waals surface area contributed by atoms with E-state index in [9.17, 15) is 9.50 Å². The lowest BCUT2D eigenvalue weighted by Crippen LogP contribution is -2.49. The molecule has 0 aromatic heterocycles. The molecule has 25 heavy (non-hydrogen) atoms. The molecule has 0 saturated carbocycles. The fourth-order valence-corrected chi connectivity index (χ4v) is 2.85. The SMILES string of the molecule is CCNC(=NCc1ccc(O)c(F)c1)NC1CCN(CCOC)CC1. The zero-order valence-electron chi connectivity index (χ0n) is 15.1. The van der Waals surface area contributed by atoms with Crippen molar-refractivity contribution in [2.45, 2.75) is 32.4 Å². The fourth-order valence-electron chi connectivity index (χ4n) is 2.85. The molecule has 1 aliphatic rings. The second kappa shape index (κ2) is 10.2. The van der Waals surface area contributed by atoms with E-state index in [4.69, 9.17) is 4.74 Å². The lowest BCUT2D eigenvalue weighted by atomic mass is 10.1. The van der Waals surface area contributed by atoms with E-state index in [0.29, 0.717) is 12.6 Å². The third-order valence-electron chi connectivity index (χ3n) is 4.32. The van der Waals surface area contributed by atoms with Gasteiger partial charge in [0, 0.05) is 39.3 Å². The number of aliphatic imine (C=N–C) groups is 1. The van der Waals surface area contributed by atoms with Gasteiger partial charge in [-0.3, -0.25) is 0 Å². The summed E-state index contributed by atoms with van der Waals surface area (Å²) in [5.74, 6) is -0.210. The number of benzene rings is 1. The minimum atomic E-state index is -0.617. The first-order valence-corrected chi connectivity index (χ1v) is 8.86. The van der Waals surface area contributed by atoms with Gasteiger partial charge in [-0.25, -0.2) is 9.38 Å². The molecule has 0 bridgehead atoms. The highest BCUT2D eigenvalue weighted by atomic mass is 19.1. The van der Waals surface area contributed by atoms with Gasteiger partial charge in [0.05, 0.1) is 13.2 Å². The van der Waals surface area contributed by atoms with Gasteiger partial charge in [0.15, 0.2) is 17.5 Å². The summed E-state index contributed by atoms with van der Waals surface area (Å²) >= 11 is 0. The lowest BCUT2D eigenvalue weighted by Gasteiger charge is -2.32. The standard InChI is InChI=1S/C18H29FN4O2/c1-3-20-18(21-13-14-4-5-17(24)16(19)12-14)22-15-6-8-23(9-7-15)10-11-25-2/h4-5,12,15,24H,3,6-11,13H2,1-2H3,(H2,20,21,22). The van der Waals surface area contributed by atoms with Crippen LogP contribution in [0, 0.1) is 5.82 Å². The first kappa shape index (κ1) is 19.5. The fraction of sp³-hybridized carbons (Fsp3) is 0.611. The summed E-state index contributed by atoms with van der Waals surface area (Å²) in [5, 5.41) is 16.0. The third-order valence-corrected chi connectivity index (χ3v) is 4.32. The highest BCUT2D eigenvalue weighted by molar-refractivity contribution is 5.80. The monoisotopic (exact) mass is 352 g/mol. The van der Waals surface area contributed by atoms with Gasteiger partial charge in [0.1, 0.15) is 0 Å². The van der Waals surface area contributed by atoms with Crippen LogP contribution in [-0.4, -0.2) is 61.9 Å². The number of guanidine groups is 1. The Morgan fingerprint density at radius 1 is 1.40 bits per heavy atom. The van der Waals surface area contributed by atoms with Crippen molar-refractivity contribution in [3.05, 3.63) is 29.6 Å². The smallest absolute Gasteiger partial charge is 0.191 e. The van der Waals surface area contributed by atoms with Gasteiger partial charge in [-0.2, -0.15) is 0 Å². The Bertz CT molecular complexity index is 560. The summed E-state index contributed by atoms with van der Waals surface area (Å²) in [6.45, 7) is 6.98. The maximum atomic E-state index is 13.4. The summed E-state index contributed by atoms with van der Waals surface area (Å²) < 4.78 is 18.5. The molecule has 7 heteroatoms. The van der Waals surface area contributed by atoms with Crippen molar-refractivity contribution in [2.75, 3.05) is 39.9 Å². The third kappa shape index (κ3) is 6.51. The van der Waals surface area contributed by atoms with Crippen LogP contribution in [0.4, 0.5) is 4.39 Å². The van der Waals surface area contributed by atoms with E-state index in [-0.39, 0.29) is 5.75 Å². The van der Waals surface area contributed by atoms with Crippen molar-refractivity contribution in [1.82, 2.24) is 15.5 Å². The van der Waals surface area contributed by atoms with E-state index in [0.717, 1.165) is 57.2 Å². The first-order chi connectivity index (χ1) is 12.1. The molecule has 1 heterocycles. The van der Waals surface area contributed by atoms with Crippen LogP contribution in [-0.2, 0) is 11.3 Å². The average molecular weight is 352 g/mol. The minimum Gasteiger partial charge on any atom is -0.505 e. The van der Waals surface area contributed by atoms with Gasteiger partial charge in [0.25, 0.3) is 0 Å². The van der Waals surface area contributed by atoms with Gasteiger partial charge in [-0.1, -0.05) is 6.07 Å². The summed E-state index contributed by atoms with van der Waals surface area (Å²) in [6.07, 6.45) is 2.12. The van der Waals surface area contributed by atoms with Crippen LogP contribution in [0.3, 0.4) is 0 Å². The highest BCUT2D eigenvalue weighted by Crippen LogP contribution is 2.16. The molecule has 1 aliphatic heterocycles. The van der Waals surface area contributed by atoms with Crippen molar-refractivity contribution >= 4 is 5.96 Å². The van der Waals surface area contributed by atoms with E-state index in [1.54, 1.807) is 13.2 Å². The zero-order valence-corrected chi connectivity index (χ0v) is 15.1. The normalized spacial score (nSPS) is 16.8. The molecule has 1 saturated heterocycles. The second-order valence-electron chi connectivity index (χ2n) is 6.23. The summed E-state index contributed by atoms with van der Waals surface area (Å²) in [5.41, 5.74) is 0.724. The van der Waals surface area contributed by atoms with Crippen molar-refractivity contribution in [2.24, 2.45) is 4.99 Å². The number of methoxy groups -OCH3 is 1. The molecule has 1 aromatic rings. The molecule has 3 N–H and O–H groups in total. The highest BCUT2D eigenvalue weighted by Gasteiger charge is 2.19. The maximum Gasteiger partial charge on any atom is 0.191 e. The van der Waals surface area contributed by atoms with Crippen LogP contribution in [0.25, 0.3) is 0 Å². The molecule has 1 aromatic carbocycles. The number of hydrogen-bond acceptors (Lipinski definition) is 4. The summed E-state index contributed by atoms with van der Waals surface area (Å²) in [4.78, 5) is 6.94. The molecular formula is C18H29FN4O2. The number of rotatable bonds is 7. The molecule has 0 atom stereocenters. The molecule has 0 unspecified atom stereocenters. The molecule has 1 fully saturated rings. The number of phenolic OH excluding ortho intramolecular Hbond substituents is 1. The number of piperidine rings is 1. The molecular weight excluding hydrogens is 323 g/mol. The first-order valence-electron chi connectivity index (χ1n) is 8.86. The maximum absolute atomic E-state index is 13.4. The average Bonchev–Trinajstić information content (AvgIpc) is 2.62.